The molecule has 0 amide bonds. The maximum atomic E-state index is 14.1. The molecule has 0 saturated heterocycles. The highest BCUT2D eigenvalue weighted by molar-refractivity contribution is 5.49. The Hall–Kier alpha value is -2.98. The molecule has 0 aliphatic rings. The van der Waals surface area contributed by atoms with Gasteiger partial charge in [0.15, 0.2) is 0 Å². The van der Waals surface area contributed by atoms with Gasteiger partial charge in [-0.05, 0) is 13.0 Å². The van der Waals surface area contributed by atoms with E-state index in [0.717, 1.165) is 13.1 Å². The highest BCUT2D eigenvalue weighted by Gasteiger charge is 2.35. The van der Waals surface area contributed by atoms with Crippen LogP contribution in [0.5, 0.6) is 0 Å². The lowest BCUT2D eigenvalue weighted by atomic mass is 10.1. The van der Waals surface area contributed by atoms with Crippen molar-refractivity contribution in [2.24, 2.45) is 7.05 Å². The van der Waals surface area contributed by atoms with Crippen LogP contribution in [0.15, 0.2) is 27.8 Å². The molecule has 1 aromatic heterocycles. The number of nitro groups is 1. The van der Waals surface area contributed by atoms with E-state index in [1.807, 2.05) is 0 Å². The average Bonchev–Trinajstić information content (AvgIpc) is 2.43. The third kappa shape index (κ3) is 2.79. The Morgan fingerprint density at radius 1 is 1.17 bits per heavy atom. The number of nitrogens with zero attached hydrogens (tertiary/aromatic N) is 3. The molecule has 0 aliphatic heterocycles. The summed E-state index contributed by atoms with van der Waals surface area (Å²) in [4.78, 5) is 34.0. The van der Waals surface area contributed by atoms with Gasteiger partial charge in [0.05, 0.1) is 10.6 Å². The van der Waals surface area contributed by atoms with E-state index >= 15 is 0 Å². The Morgan fingerprint density at radius 2 is 1.75 bits per heavy atom. The van der Waals surface area contributed by atoms with Crippen molar-refractivity contribution in [3.63, 3.8) is 0 Å². The fourth-order valence-corrected chi connectivity index (χ4v) is 2.14. The summed E-state index contributed by atoms with van der Waals surface area (Å²) in [7, 11) is 0.752. The van der Waals surface area contributed by atoms with Gasteiger partial charge in [-0.1, -0.05) is 0 Å². The van der Waals surface area contributed by atoms with E-state index in [0.29, 0.717) is 6.07 Å². The van der Waals surface area contributed by atoms with E-state index in [-0.39, 0.29) is 20.8 Å². The fourth-order valence-electron chi connectivity index (χ4n) is 2.14. The number of aromatic nitrogens is 2. The molecule has 11 heteroatoms. The molecule has 2 rings (SSSR count). The van der Waals surface area contributed by atoms with Crippen molar-refractivity contribution in [1.82, 2.24) is 9.13 Å². The minimum Gasteiger partial charge on any atom is -0.292 e. The second kappa shape index (κ2) is 5.58. The van der Waals surface area contributed by atoms with Gasteiger partial charge in [-0.25, -0.2) is 13.8 Å². The second-order valence-electron chi connectivity index (χ2n) is 4.89. The maximum Gasteiger partial charge on any atom is 0.431 e. The van der Waals surface area contributed by atoms with Crippen molar-refractivity contribution in [2.75, 3.05) is 0 Å². The normalized spacial score (nSPS) is 11.6. The highest BCUT2D eigenvalue weighted by atomic mass is 19.4. The number of rotatable bonds is 2. The van der Waals surface area contributed by atoms with Crippen LogP contribution in [0.2, 0.25) is 0 Å². The van der Waals surface area contributed by atoms with Crippen molar-refractivity contribution in [1.29, 1.82) is 0 Å². The number of hydrogen-bond donors (Lipinski definition) is 0. The van der Waals surface area contributed by atoms with Gasteiger partial charge in [-0.15, -0.1) is 0 Å². The Bertz CT molecular complexity index is 959. The molecule has 0 radical (unpaired) electrons. The van der Waals surface area contributed by atoms with E-state index in [1.165, 1.54) is 6.92 Å². The molecular weight excluding hydrogens is 338 g/mol. The summed E-state index contributed by atoms with van der Waals surface area (Å²) in [5.41, 5.74) is -5.91. The van der Waals surface area contributed by atoms with Gasteiger partial charge >= 0.3 is 11.9 Å². The molecule has 0 aliphatic carbocycles. The summed E-state index contributed by atoms with van der Waals surface area (Å²) in [6, 6.07) is 1.46. The first-order valence-electron chi connectivity index (χ1n) is 6.30. The summed E-state index contributed by atoms with van der Waals surface area (Å²) >= 11 is 0. The summed E-state index contributed by atoms with van der Waals surface area (Å²) in [6.45, 7) is 1.23. The molecule has 0 atom stereocenters. The summed E-state index contributed by atoms with van der Waals surface area (Å²) < 4.78 is 52.6. The summed E-state index contributed by atoms with van der Waals surface area (Å²) in [6.07, 6.45) is -4.97. The number of benzene rings is 1. The van der Waals surface area contributed by atoms with Crippen molar-refractivity contribution in [3.8, 4) is 5.69 Å². The SMILES string of the molecule is Cc1cc(F)c(-n2c(=O)cc(C(F)(F)F)n(C)c2=O)cc1[N+](=O)[O-]. The van der Waals surface area contributed by atoms with Gasteiger partial charge in [0.2, 0.25) is 0 Å². The molecule has 0 N–H and O–H groups in total. The second-order valence-corrected chi connectivity index (χ2v) is 4.89. The first-order valence-corrected chi connectivity index (χ1v) is 6.30. The van der Waals surface area contributed by atoms with Crippen molar-refractivity contribution in [2.45, 2.75) is 13.1 Å². The first kappa shape index (κ1) is 17.4. The highest BCUT2D eigenvalue weighted by Crippen LogP contribution is 2.27. The molecule has 0 fully saturated rings. The Labute approximate surface area is 130 Å². The molecular formula is C13H9F4N3O4. The quantitative estimate of drug-likeness (QED) is 0.472. The third-order valence-corrected chi connectivity index (χ3v) is 3.31. The van der Waals surface area contributed by atoms with Crippen LogP contribution in [0, 0.1) is 22.9 Å². The Balaban J connectivity index is 2.88. The van der Waals surface area contributed by atoms with Crippen LogP contribution in [0.1, 0.15) is 11.3 Å². The lowest BCUT2D eigenvalue weighted by Crippen LogP contribution is -2.41. The molecule has 2 aromatic rings. The van der Waals surface area contributed by atoms with Crippen LogP contribution in [0.3, 0.4) is 0 Å². The molecule has 7 nitrogen and oxygen atoms in total. The van der Waals surface area contributed by atoms with Crippen LogP contribution >= 0.6 is 0 Å². The molecule has 0 spiro atoms. The predicted molar refractivity (Wildman–Crippen MR) is 73.6 cm³/mol. The summed E-state index contributed by atoms with van der Waals surface area (Å²) in [5.74, 6) is -1.16. The van der Waals surface area contributed by atoms with Crippen LogP contribution in [-0.2, 0) is 13.2 Å². The van der Waals surface area contributed by atoms with Crippen LogP contribution < -0.4 is 11.2 Å². The van der Waals surface area contributed by atoms with Crippen LogP contribution in [0.4, 0.5) is 23.2 Å². The number of halogens is 4. The fraction of sp³-hybridized carbons (Fsp3) is 0.231. The number of alkyl halides is 3. The zero-order chi connectivity index (χ0) is 18.4. The predicted octanol–water partition coefficient (Wildman–Crippen LogP) is 1.91. The minimum absolute atomic E-state index is 0.0713. The topological polar surface area (TPSA) is 87.1 Å². The zero-order valence-electron chi connectivity index (χ0n) is 12.2. The molecule has 0 unspecified atom stereocenters. The first-order chi connectivity index (χ1) is 10.9. The number of nitro benzene ring substituents is 1. The molecule has 1 aromatic carbocycles. The van der Waals surface area contributed by atoms with Crippen molar-refractivity contribution < 1.29 is 22.5 Å². The lowest BCUT2D eigenvalue weighted by molar-refractivity contribution is -0.385. The van der Waals surface area contributed by atoms with Crippen molar-refractivity contribution in [3.05, 3.63) is 66.2 Å². The van der Waals surface area contributed by atoms with E-state index in [4.69, 9.17) is 0 Å². The van der Waals surface area contributed by atoms with Gasteiger partial charge in [-0.2, -0.15) is 13.2 Å². The minimum atomic E-state index is -4.97. The smallest absolute Gasteiger partial charge is 0.292 e. The van der Waals surface area contributed by atoms with Gasteiger partial charge in [-0.3, -0.25) is 19.5 Å². The maximum absolute atomic E-state index is 14.1. The Kier molecular flexibility index (Phi) is 4.04. The van der Waals surface area contributed by atoms with Gasteiger partial charge in [0.25, 0.3) is 11.2 Å². The molecule has 0 bridgehead atoms. The van der Waals surface area contributed by atoms with Crippen LogP contribution in [0.25, 0.3) is 5.69 Å². The number of hydrogen-bond acceptors (Lipinski definition) is 4. The van der Waals surface area contributed by atoms with E-state index in [9.17, 15) is 37.3 Å². The number of aryl methyl sites for hydroxylation is 1. The van der Waals surface area contributed by atoms with Gasteiger partial charge in [0.1, 0.15) is 11.5 Å². The van der Waals surface area contributed by atoms with Crippen molar-refractivity contribution >= 4 is 5.69 Å². The molecule has 0 saturated carbocycles. The van der Waals surface area contributed by atoms with E-state index < -0.39 is 45.2 Å². The molecule has 1 heterocycles. The summed E-state index contributed by atoms with van der Waals surface area (Å²) in [5, 5.41) is 10.9. The zero-order valence-corrected chi connectivity index (χ0v) is 12.2. The monoisotopic (exact) mass is 347 g/mol. The van der Waals surface area contributed by atoms with Gasteiger partial charge < -0.3 is 0 Å². The van der Waals surface area contributed by atoms with E-state index in [1.54, 1.807) is 0 Å². The Morgan fingerprint density at radius 3 is 2.25 bits per heavy atom. The lowest BCUT2D eigenvalue weighted by Gasteiger charge is -2.14. The third-order valence-electron chi connectivity index (χ3n) is 3.31. The molecule has 128 valence electrons. The largest absolute Gasteiger partial charge is 0.431 e. The molecule has 24 heavy (non-hydrogen) atoms. The van der Waals surface area contributed by atoms with Crippen LogP contribution in [-0.4, -0.2) is 14.1 Å². The van der Waals surface area contributed by atoms with Gasteiger partial charge in [0, 0.05) is 24.7 Å². The van der Waals surface area contributed by atoms with E-state index in [2.05, 4.69) is 0 Å². The average molecular weight is 347 g/mol. The standard InChI is InChI=1S/C13H9F4N3O4/c1-6-3-7(14)9(4-8(6)20(23)24)19-11(21)5-10(13(15,16)17)18(2)12(19)22/h3-5H,1-2H3.